The quantitative estimate of drug-likeness (QED) is 0.679. The molecule has 0 saturated heterocycles. The van der Waals surface area contributed by atoms with E-state index in [1.807, 2.05) is 42.7 Å². The number of nitrogens with zero attached hydrogens (tertiary/aromatic N) is 2. The fraction of sp³-hybridized carbons (Fsp3) is 0.0588. The molecule has 0 radical (unpaired) electrons. The van der Waals surface area contributed by atoms with Crippen molar-refractivity contribution in [3.63, 3.8) is 0 Å². The highest BCUT2D eigenvalue weighted by Gasteiger charge is 2.03. The minimum absolute atomic E-state index is 0.907. The molecule has 0 atom stereocenters. The zero-order valence-corrected chi connectivity index (χ0v) is 10.7. The molecule has 19 heavy (non-hydrogen) atoms. The summed E-state index contributed by atoms with van der Waals surface area (Å²) in [6.45, 7) is 2.06. The van der Waals surface area contributed by atoms with E-state index in [9.17, 15) is 0 Å². The van der Waals surface area contributed by atoms with Gasteiger partial charge in [-0.05, 0) is 47.9 Å². The molecule has 0 bridgehead atoms. The van der Waals surface area contributed by atoms with Gasteiger partial charge in [-0.25, -0.2) is 0 Å². The zero-order chi connectivity index (χ0) is 13.1. The maximum Gasteiger partial charge on any atom is 0.0892 e. The third-order valence-corrected chi connectivity index (χ3v) is 3.04. The van der Waals surface area contributed by atoms with Crippen LogP contribution in [-0.2, 0) is 0 Å². The molecule has 0 aliphatic heterocycles. The Morgan fingerprint density at radius 3 is 2.11 bits per heavy atom. The maximum absolute atomic E-state index is 4.41. The van der Waals surface area contributed by atoms with Crippen molar-refractivity contribution in [2.24, 2.45) is 0 Å². The van der Waals surface area contributed by atoms with Crippen LogP contribution in [0.3, 0.4) is 0 Å². The summed E-state index contributed by atoms with van der Waals surface area (Å²) in [5.74, 6) is 0. The summed E-state index contributed by atoms with van der Waals surface area (Å²) in [6.07, 6.45) is 3.66. The molecule has 0 aliphatic rings. The Morgan fingerprint density at radius 1 is 0.684 bits per heavy atom. The number of pyridine rings is 2. The lowest BCUT2D eigenvalue weighted by molar-refractivity contribution is 1.23. The predicted octanol–water partition coefficient (Wildman–Crippen LogP) is 4.12. The molecule has 0 saturated carbocycles. The summed E-state index contributed by atoms with van der Waals surface area (Å²) in [7, 11) is 0. The van der Waals surface area contributed by atoms with Crippen molar-refractivity contribution in [1.82, 2.24) is 9.97 Å². The van der Waals surface area contributed by atoms with Crippen LogP contribution in [0.4, 0.5) is 0 Å². The van der Waals surface area contributed by atoms with Gasteiger partial charge in [0.25, 0.3) is 0 Å². The van der Waals surface area contributed by atoms with E-state index in [4.69, 9.17) is 0 Å². The Kier molecular flexibility index (Phi) is 3.07. The van der Waals surface area contributed by atoms with E-state index < -0.39 is 0 Å². The molecule has 0 aliphatic carbocycles. The Bertz CT molecular complexity index is 690. The number of aryl methyl sites for hydroxylation is 1. The Labute approximate surface area is 112 Å². The molecule has 92 valence electrons. The summed E-state index contributed by atoms with van der Waals surface area (Å²) in [4.78, 5) is 8.80. The SMILES string of the molecule is Cc1ccnc(-c2cc(-c3ccccc3)ccn2)c1. The first-order valence-electron chi connectivity index (χ1n) is 6.27. The van der Waals surface area contributed by atoms with E-state index in [1.165, 1.54) is 11.1 Å². The van der Waals surface area contributed by atoms with Crippen LogP contribution in [0.25, 0.3) is 22.5 Å². The molecule has 2 heterocycles. The van der Waals surface area contributed by atoms with Crippen LogP contribution in [0, 0.1) is 6.92 Å². The van der Waals surface area contributed by atoms with Crippen molar-refractivity contribution in [1.29, 1.82) is 0 Å². The van der Waals surface area contributed by atoms with Gasteiger partial charge in [-0.15, -0.1) is 0 Å². The van der Waals surface area contributed by atoms with Gasteiger partial charge >= 0.3 is 0 Å². The van der Waals surface area contributed by atoms with Crippen molar-refractivity contribution >= 4 is 0 Å². The number of hydrogen-bond acceptors (Lipinski definition) is 2. The van der Waals surface area contributed by atoms with E-state index >= 15 is 0 Å². The average Bonchev–Trinajstić information content (AvgIpc) is 2.48. The highest BCUT2D eigenvalue weighted by Crippen LogP contribution is 2.23. The fourth-order valence-corrected chi connectivity index (χ4v) is 2.06. The van der Waals surface area contributed by atoms with Crippen LogP contribution in [0.5, 0.6) is 0 Å². The van der Waals surface area contributed by atoms with Crippen LogP contribution in [0.2, 0.25) is 0 Å². The van der Waals surface area contributed by atoms with Crippen molar-refractivity contribution in [2.45, 2.75) is 6.92 Å². The van der Waals surface area contributed by atoms with E-state index in [0.717, 1.165) is 17.0 Å². The van der Waals surface area contributed by atoms with Crippen molar-refractivity contribution in [3.05, 3.63) is 72.6 Å². The molecule has 0 unspecified atom stereocenters. The molecule has 2 nitrogen and oxygen atoms in total. The second-order valence-corrected chi connectivity index (χ2v) is 4.51. The molecule has 3 rings (SSSR count). The molecule has 0 fully saturated rings. The van der Waals surface area contributed by atoms with Crippen molar-refractivity contribution in [3.8, 4) is 22.5 Å². The number of hydrogen-bond donors (Lipinski definition) is 0. The molecule has 2 aromatic heterocycles. The van der Waals surface area contributed by atoms with Crippen molar-refractivity contribution < 1.29 is 0 Å². The van der Waals surface area contributed by atoms with E-state index in [1.54, 1.807) is 0 Å². The van der Waals surface area contributed by atoms with Gasteiger partial charge < -0.3 is 0 Å². The third kappa shape index (κ3) is 2.52. The first-order valence-corrected chi connectivity index (χ1v) is 6.27. The topological polar surface area (TPSA) is 25.8 Å². The van der Waals surface area contributed by atoms with E-state index in [2.05, 4.69) is 41.2 Å². The van der Waals surface area contributed by atoms with Gasteiger partial charge in [0, 0.05) is 12.4 Å². The molecular weight excluding hydrogens is 232 g/mol. The summed E-state index contributed by atoms with van der Waals surface area (Å²) in [5.41, 5.74) is 5.37. The highest BCUT2D eigenvalue weighted by molar-refractivity contribution is 5.68. The molecule has 2 heteroatoms. The van der Waals surface area contributed by atoms with Gasteiger partial charge in [0.15, 0.2) is 0 Å². The molecule has 3 aromatic rings. The molecule has 0 N–H and O–H groups in total. The van der Waals surface area contributed by atoms with E-state index in [-0.39, 0.29) is 0 Å². The lowest BCUT2D eigenvalue weighted by Crippen LogP contribution is -1.89. The average molecular weight is 246 g/mol. The first-order chi connectivity index (χ1) is 9.33. The predicted molar refractivity (Wildman–Crippen MR) is 77.6 cm³/mol. The third-order valence-electron chi connectivity index (χ3n) is 3.04. The van der Waals surface area contributed by atoms with Crippen LogP contribution in [0.15, 0.2) is 67.0 Å². The Balaban J connectivity index is 2.06. The Morgan fingerprint density at radius 2 is 1.37 bits per heavy atom. The van der Waals surface area contributed by atoms with Gasteiger partial charge in [-0.3, -0.25) is 9.97 Å². The fourth-order valence-electron chi connectivity index (χ4n) is 2.06. The minimum Gasteiger partial charge on any atom is -0.255 e. The van der Waals surface area contributed by atoms with Crippen molar-refractivity contribution in [2.75, 3.05) is 0 Å². The minimum atomic E-state index is 0.907. The van der Waals surface area contributed by atoms with Crippen LogP contribution in [0.1, 0.15) is 5.56 Å². The van der Waals surface area contributed by atoms with E-state index in [0.29, 0.717) is 0 Å². The second kappa shape index (κ2) is 5.02. The molecular formula is C17H14N2. The zero-order valence-electron chi connectivity index (χ0n) is 10.7. The monoisotopic (exact) mass is 246 g/mol. The lowest BCUT2D eigenvalue weighted by Gasteiger charge is -2.05. The first kappa shape index (κ1) is 11.6. The van der Waals surface area contributed by atoms with Crippen LogP contribution >= 0.6 is 0 Å². The maximum atomic E-state index is 4.41. The summed E-state index contributed by atoms with van der Waals surface area (Å²) >= 11 is 0. The largest absolute Gasteiger partial charge is 0.255 e. The Hall–Kier alpha value is -2.48. The lowest BCUT2D eigenvalue weighted by atomic mass is 10.1. The summed E-state index contributed by atoms with van der Waals surface area (Å²) in [5, 5.41) is 0. The standard InChI is InChI=1S/C17H14N2/c1-13-7-9-18-16(11-13)17-12-15(8-10-19-17)14-5-3-2-4-6-14/h2-12H,1H3. The smallest absolute Gasteiger partial charge is 0.0892 e. The van der Waals surface area contributed by atoms with Gasteiger partial charge in [0.1, 0.15) is 0 Å². The van der Waals surface area contributed by atoms with Gasteiger partial charge in [-0.1, -0.05) is 30.3 Å². The molecule has 1 aromatic carbocycles. The molecule has 0 amide bonds. The highest BCUT2D eigenvalue weighted by atomic mass is 14.8. The summed E-state index contributed by atoms with van der Waals surface area (Å²) < 4.78 is 0. The van der Waals surface area contributed by atoms with Gasteiger partial charge in [0.2, 0.25) is 0 Å². The normalized spacial score (nSPS) is 10.4. The van der Waals surface area contributed by atoms with Crippen LogP contribution in [-0.4, -0.2) is 9.97 Å². The van der Waals surface area contributed by atoms with Gasteiger partial charge in [-0.2, -0.15) is 0 Å². The number of benzene rings is 1. The van der Waals surface area contributed by atoms with Gasteiger partial charge in [0.05, 0.1) is 11.4 Å². The number of aromatic nitrogens is 2. The molecule has 0 spiro atoms. The summed E-state index contributed by atoms with van der Waals surface area (Å²) in [6, 6.07) is 18.5. The van der Waals surface area contributed by atoms with Crippen LogP contribution < -0.4 is 0 Å². The second-order valence-electron chi connectivity index (χ2n) is 4.51. The number of rotatable bonds is 2.